The monoisotopic (exact) mass is 386 g/mol. The molecule has 0 fully saturated rings. The summed E-state index contributed by atoms with van der Waals surface area (Å²) in [7, 11) is -1.97. The summed E-state index contributed by atoms with van der Waals surface area (Å²) in [6, 6.07) is 1.05. The predicted octanol–water partition coefficient (Wildman–Crippen LogP) is 2.86. The third kappa shape index (κ3) is 4.21. The lowest BCUT2D eigenvalue weighted by Crippen LogP contribution is -2.53. The zero-order chi connectivity index (χ0) is 17.5. The number of alkyl halides is 3. The number of aliphatic hydroxyl groups is 1. The lowest BCUT2D eigenvalue weighted by Gasteiger charge is -2.38. The van der Waals surface area contributed by atoms with Gasteiger partial charge in [0, 0.05) is 5.46 Å². The van der Waals surface area contributed by atoms with Crippen LogP contribution in [0.25, 0.3) is 0 Å². The Morgan fingerprint density at radius 1 is 1.14 bits per heavy atom. The lowest BCUT2D eigenvalue weighted by atomic mass is 9.75. The Morgan fingerprint density at radius 3 is 2.05 bits per heavy atom. The van der Waals surface area contributed by atoms with Gasteiger partial charge in [-0.25, -0.2) is 4.39 Å². The van der Waals surface area contributed by atoms with Gasteiger partial charge in [0.1, 0.15) is 5.82 Å². The minimum absolute atomic E-state index is 0.443. The van der Waals surface area contributed by atoms with Gasteiger partial charge in [-0.2, -0.15) is 13.2 Å². The fourth-order valence-electron chi connectivity index (χ4n) is 1.44. The molecule has 0 heterocycles. The van der Waals surface area contributed by atoms with Crippen LogP contribution >= 0.6 is 15.9 Å². The van der Waals surface area contributed by atoms with Crippen LogP contribution in [0.4, 0.5) is 17.6 Å². The molecule has 124 valence electrons. The summed E-state index contributed by atoms with van der Waals surface area (Å²) in [5.41, 5.74) is -4.54. The Labute approximate surface area is 134 Å². The van der Waals surface area contributed by atoms with Crippen LogP contribution < -0.4 is 5.46 Å². The van der Waals surface area contributed by atoms with Crippen molar-refractivity contribution in [3.05, 3.63) is 28.0 Å². The van der Waals surface area contributed by atoms with Crippen LogP contribution in [0.3, 0.4) is 0 Å². The average molecular weight is 387 g/mol. The Morgan fingerprint density at radius 2 is 1.64 bits per heavy atom. The van der Waals surface area contributed by atoms with Crippen LogP contribution in [0, 0.1) is 5.82 Å². The predicted molar refractivity (Wildman–Crippen MR) is 78.2 cm³/mol. The number of rotatable bonds is 4. The molecular formula is C13H16BBrF4O3. The van der Waals surface area contributed by atoms with Gasteiger partial charge >= 0.3 is 13.3 Å². The highest BCUT2D eigenvalue weighted by Crippen LogP contribution is 2.32. The van der Waals surface area contributed by atoms with Gasteiger partial charge in [-0.1, -0.05) is 0 Å². The van der Waals surface area contributed by atoms with Gasteiger partial charge in [0.2, 0.25) is 0 Å². The summed E-state index contributed by atoms with van der Waals surface area (Å²) in [6.45, 7) is 5.66. The normalized spacial score (nSPS) is 13.4. The first-order chi connectivity index (χ1) is 9.67. The Kier molecular flexibility index (Phi) is 5.39. The smallest absolute Gasteiger partial charge is 0.423 e. The highest BCUT2D eigenvalue weighted by molar-refractivity contribution is 9.10. The molecule has 9 heteroatoms. The van der Waals surface area contributed by atoms with Crippen LogP contribution in [-0.4, -0.2) is 28.5 Å². The molecule has 1 aromatic carbocycles. The molecule has 3 nitrogen and oxygen atoms in total. The maximum atomic E-state index is 14.0. The molecular weight excluding hydrogens is 371 g/mol. The molecule has 0 atom stereocenters. The first-order valence-corrected chi connectivity index (χ1v) is 7.10. The maximum Gasteiger partial charge on any atom is 0.494 e. The van der Waals surface area contributed by atoms with Crippen molar-refractivity contribution in [1.82, 2.24) is 0 Å². The van der Waals surface area contributed by atoms with E-state index in [1.54, 1.807) is 0 Å². The molecule has 0 aromatic heterocycles. The van der Waals surface area contributed by atoms with E-state index in [9.17, 15) is 27.7 Å². The van der Waals surface area contributed by atoms with Crippen molar-refractivity contribution in [2.45, 2.75) is 45.1 Å². The lowest BCUT2D eigenvalue weighted by molar-refractivity contribution is -0.137. The van der Waals surface area contributed by atoms with Crippen LogP contribution in [0.1, 0.15) is 33.3 Å². The Hall–Kier alpha value is -0.635. The molecule has 0 radical (unpaired) electrons. The third-order valence-electron chi connectivity index (χ3n) is 3.53. The molecule has 0 saturated carbocycles. The van der Waals surface area contributed by atoms with Crippen LogP contribution in [0.2, 0.25) is 0 Å². The maximum absolute atomic E-state index is 14.0. The zero-order valence-corrected chi connectivity index (χ0v) is 14.0. The minimum atomic E-state index is -4.70. The van der Waals surface area contributed by atoms with E-state index in [1.807, 2.05) is 0 Å². The van der Waals surface area contributed by atoms with Gasteiger partial charge in [-0.15, -0.1) is 0 Å². The number of halogens is 5. The van der Waals surface area contributed by atoms with Crippen LogP contribution in [0.15, 0.2) is 16.6 Å². The molecule has 0 aliphatic carbocycles. The molecule has 0 saturated heterocycles. The van der Waals surface area contributed by atoms with E-state index >= 15 is 0 Å². The SMILES string of the molecule is CC(C)(O)C(C)(C)OB(O)c1cc(C(F)(F)F)cc(Br)c1F. The molecule has 0 aliphatic rings. The number of benzene rings is 1. The van der Waals surface area contributed by atoms with E-state index in [0.717, 1.165) is 0 Å². The molecule has 0 spiro atoms. The summed E-state index contributed by atoms with van der Waals surface area (Å²) in [5.74, 6) is -1.06. The van der Waals surface area contributed by atoms with Crippen molar-refractivity contribution in [3.8, 4) is 0 Å². The Bertz CT molecular complexity index is 555. The fourth-order valence-corrected chi connectivity index (χ4v) is 1.92. The van der Waals surface area contributed by atoms with E-state index in [4.69, 9.17) is 4.65 Å². The summed E-state index contributed by atoms with van der Waals surface area (Å²) < 4.78 is 57.0. The van der Waals surface area contributed by atoms with Gasteiger partial charge in [0.15, 0.2) is 0 Å². The van der Waals surface area contributed by atoms with Crippen molar-refractivity contribution in [1.29, 1.82) is 0 Å². The number of hydrogen-bond acceptors (Lipinski definition) is 3. The standard InChI is InChI=1S/C13H16BBrF4O3/c1-11(2,20)12(3,4)22-14(21)8-5-7(13(17,18)19)6-9(15)10(8)16/h5-6,20-21H,1-4H3. The molecule has 0 amide bonds. The second-order valence-electron chi connectivity index (χ2n) is 5.90. The van der Waals surface area contributed by atoms with E-state index < -0.39 is 45.8 Å². The van der Waals surface area contributed by atoms with Crippen molar-refractivity contribution < 1.29 is 32.3 Å². The molecule has 0 bridgehead atoms. The van der Waals surface area contributed by atoms with E-state index in [-0.39, 0.29) is 0 Å². The van der Waals surface area contributed by atoms with Gasteiger partial charge < -0.3 is 14.8 Å². The van der Waals surface area contributed by atoms with E-state index in [2.05, 4.69) is 15.9 Å². The van der Waals surface area contributed by atoms with Gasteiger partial charge in [0.25, 0.3) is 0 Å². The summed E-state index contributed by atoms with van der Waals surface area (Å²) in [6.07, 6.45) is -4.70. The number of hydrogen-bond donors (Lipinski definition) is 2. The largest absolute Gasteiger partial charge is 0.494 e. The molecule has 1 rings (SSSR count). The molecule has 22 heavy (non-hydrogen) atoms. The molecule has 0 unspecified atom stereocenters. The third-order valence-corrected chi connectivity index (χ3v) is 4.11. The van der Waals surface area contributed by atoms with E-state index in [0.29, 0.717) is 12.1 Å². The summed E-state index contributed by atoms with van der Waals surface area (Å²) in [4.78, 5) is 0. The zero-order valence-electron chi connectivity index (χ0n) is 12.4. The summed E-state index contributed by atoms with van der Waals surface area (Å²) >= 11 is 2.69. The van der Waals surface area contributed by atoms with Crippen LogP contribution in [-0.2, 0) is 10.8 Å². The summed E-state index contributed by atoms with van der Waals surface area (Å²) in [5, 5.41) is 19.9. The van der Waals surface area contributed by atoms with E-state index in [1.165, 1.54) is 27.7 Å². The van der Waals surface area contributed by atoms with Crippen LogP contribution in [0.5, 0.6) is 0 Å². The highest BCUT2D eigenvalue weighted by atomic mass is 79.9. The molecule has 2 N–H and O–H groups in total. The van der Waals surface area contributed by atoms with Crippen molar-refractivity contribution in [2.24, 2.45) is 0 Å². The van der Waals surface area contributed by atoms with Gasteiger partial charge in [0.05, 0.1) is 21.2 Å². The first-order valence-electron chi connectivity index (χ1n) is 6.31. The van der Waals surface area contributed by atoms with Crippen molar-refractivity contribution >= 4 is 28.5 Å². The second kappa shape index (κ2) is 6.11. The molecule has 1 aromatic rings. The van der Waals surface area contributed by atoms with Gasteiger partial charge in [-0.3, -0.25) is 0 Å². The van der Waals surface area contributed by atoms with Gasteiger partial charge in [-0.05, 0) is 55.8 Å². The fraction of sp³-hybridized carbons (Fsp3) is 0.538. The molecule has 0 aliphatic heterocycles. The first kappa shape index (κ1) is 19.4. The van der Waals surface area contributed by atoms with Crippen molar-refractivity contribution in [2.75, 3.05) is 0 Å². The average Bonchev–Trinajstić information content (AvgIpc) is 2.28. The quantitative estimate of drug-likeness (QED) is 0.618. The Balaban J connectivity index is 3.24. The second-order valence-corrected chi connectivity index (χ2v) is 6.75. The highest BCUT2D eigenvalue weighted by Gasteiger charge is 2.41. The van der Waals surface area contributed by atoms with Crippen molar-refractivity contribution in [3.63, 3.8) is 0 Å². The minimum Gasteiger partial charge on any atom is -0.423 e. The topological polar surface area (TPSA) is 49.7 Å².